The standard InChI is InChI=1S/C25H18N2O6S2/c1-32-15-9-10-16-18(12-15)35-25(26-16)27-20(13-5-7-14(8-6-13)24(31)33-2)19(22(29)23(27)30)21(28)17-4-3-11-34-17/h3-12,20,29H,1-2H3. The Morgan fingerprint density at radius 3 is 2.51 bits per heavy atom. The van der Waals surface area contributed by atoms with Gasteiger partial charge in [0.15, 0.2) is 10.9 Å². The van der Waals surface area contributed by atoms with Gasteiger partial charge in [-0.15, -0.1) is 11.3 Å². The second-order valence-corrected chi connectivity index (χ2v) is 9.55. The highest BCUT2D eigenvalue weighted by molar-refractivity contribution is 7.22. The number of aromatic nitrogens is 1. The molecule has 0 saturated heterocycles. The molecule has 1 amide bonds. The number of anilines is 1. The average molecular weight is 507 g/mol. The normalized spacial score (nSPS) is 15.7. The number of esters is 1. The van der Waals surface area contributed by atoms with Crippen LogP contribution in [0, 0.1) is 0 Å². The van der Waals surface area contributed by atoms with E-state index in [0.29, 0.717) is 32.4 Å². The first-order chi connectivity index (χ1) is 16.9. The summed E-state index contributed by atoms with van der Waals surface area (Å²) in [6.45, 7) is 0. The molecule has 1 unspecified atom stereocenters. The summed E-state index contributed by atoms with van der Waals surface area (Å²) < 4.78 is 10.8. The van der Waals surface area contributed by atoms with Crippen molar-refractivity contribution in [3.8, 4) is 5.75 Å². The molecule has 0 bridgehead atoms. The average Bonchev–Trinajstić information content (AvgIpc) is 3.61. The predicted molar refractivity (Wildman–Crippen MR) is 132 cm³/mol. The van der Waals surface area contributed by atoms with E-state index in [1.807, 2.05) is 6.07 Å². The molecule has 35 heavy (non-hydrogen) atoms. The summed E-state index contributed by atoms with van der Waals surface area (Å²) in [4.78, 5) is 45.0. The van der Waals surface area contributed by atoms with Gasteiger partial charge in [-0.3, -0.25) is 14.5 Å². The summed E-state index contributed by atoms with van der Waals surface area (Å²) in [6.07, 6.45) is 0. The summed E-state index contributed by atoms with van der Waals surface area (Å²) in [7, 11) is 2.85. The fourth-order valence-electron chi connectivity index (χ4n) is 3.93. The molecular formula is C25H18N2O6S2. The fraction of sp³-hybridized carbons (Fsp3) is 0.120. The first-order valence-corrected chi connectivity index (χ1v) is 12.1. The van der Waals surface area contributed by atoms with Crippen LogP contribution in [-0.2, 0) is 9.53 Å². The van der Waals surface area contributed by atoms with Crippen LogP contribution in [0.4, 0.5) is 5.13 Å². The van der Waals surface area contributed by atoms with E-state index in [2.05, 4.69) is 4.98 Å². The second kappa shape index (κ2) is 8.97. The zero-order chi connectivity index (χ0) is 24.7. The molecule has 0 aliphatic carbocycles. The molecule has 0 fully saturated rings. The van der Waals surface area contributed by atoms with Gasteiger partial charge in [-0.2, -0.15) is 0 Å². The van der Waals surface area contributed by atoms with Crippen molar-refractivity contribution in [3.05, 3.63) is 87.3 Å². The molecule has 1 atom stereocenters. The second-order valence-electron chi connectivity index (χ2n) is 7.59. The van der Waals surface area contributed by atoms with Crippen LogP contribution in [0.2, 0.25) is 0 Å². The lowest BCUT2D eigenvalue weighted by Gasteiger charge is -2.24. The highest BCUT2D eigenvalue weighted by Crippen LogP contribution is 2.44. The van der Waals surface area contributed by atoms with Crippen LogP contribution in [0.5, 0.6) is 5.75 Å². The number of hydrogen-bond acceptors (Lipinski definition) is 9. The van der Waals surface area contributed by atoms with Crippen molar-refractivity contribution < 1.29 is 29.0 Å². The number of aliphatic hydroxyl groups is 1. The molecule has 8 nitrogen and oxygen atoms in total. The number of fused-ring (bicyclic) bond motifs is 1. The Morgan fingerprint density at radius 2 is 1.86 bits per heavy atom. The van der Waals surface area contributed by atoms with Crippen LogP contribution >= 0.6 is 22.7 Å². The van der Waals surface area contributed by atoms with Gasteiger partial charge in [0.05, 0.1) is 46.5 Å². The Morgan fingerprint density at radius 1 is 1.09 bits per heavy atom. The van der Waals surface area contributed by atoms with Crippen LogP contribution in [0.3, 0.4) is 0 Å². The molecule has 176 valence electrons. The number of aliphatic hydroxyl groups excluding tert-OH is 1. The number of methoxy groups -OCH3 is 2. The minimum atomic E-state index is -0.939. The summed E-state index contributed by atoms with van der Waals surface area (Å²) in [5.41, 5.74) is 1.46. The van der Waals surface area contributed by atoms with Crippen molar-refractivity contribution in [3.63, 3.8) is 0 Å². The molecule has 0 spiro atoms. The molecule has 1 aliphatic rings. The van der Waals surface area contributed by atoms with Gasteiger partial charge in [-0.1, -0.05) is 29.5 Å². The Kier molecular flexibility index (Phi) is 5.83. The molecule has 5 rings (SSSR count). The Bertz CT molecular complexity index is 1490. The minimum Gasteiger partial charge on any atom is -0.503 e. The van der Waals surface area contributed by atoms with E-state index in [0.717, 1.165) is 4.70 Å². The number of thiophene rings is 1. The van der Waals surface area contributed by atoms with E-state index < -0.39 is 29.5 Å². The number of rotatable bonds is 6. The topological polar surface area (TPSA) is 106 Å². The molecule has 3 heterocycles. The number of amides is 1. The lowest BCUT2D eigenvalue weighted by molar-refractivity contribution is -0.117. The summed E-state index contributed by atoms with van der Waals surface area (Å²) in [5.74, 6) is -1.66. The van der Waals surface area contributed by atoms with E-state index in [9.17, 15) is 19.5 Å². The van der Waals surface area contributed by atoms with Crippen molar-refractivity contribution in [1.29, 1.82) is 0 Å². The summed E-state index contributed by atoms with van der Waals surface area (Å²) >= 11 is 2.46. The maximum Gasteiger partial charge on any atom is 0.337 e. The van der Waals surface area contributed by atoms with Gasteiger partial charge < -0.3 is 14.6 Å². The monoisotopic (exact) mass is 506 g/mol. The van der Waals surface area contributed by atoms with Crippen LogP contribution < -0.4 is 9.64 Å². The molecule has 0 radical (unpaired) electrons. The molecular weight excluding hydrogens is 488 g/mol. The van der Waals surface area contributed by atoms with Crippen LogP contribution in [-0.4, -0.2) is 42.0 Å². The van der Waals surface area contributed by atoms with E-state index >= 15 is 0 Å². The third-order valence-corrected chi connectivity index (χ3v) is 7.52. The molecule has 2 aromatic carbocycles. The molecule has 0 saturated carbocycles. The van der Waals surface area contributed by atoms with Gasteiger partial charge in [-0.05, 0) is 47.3 Å². The number of ketones is 1. The smallest absolute Gasteiger partial charge is 0.337 e. The molecule has 10 heteroatoms. The lowest BCUT2D eigenvalue weighted by Crippen LogP contribution is -2.31. The highest BCUT2D eigenvalue weighted by Gasteiger charge is 2.46. The zero-order valence-corrected chi connectivity index (χ0v) is 20.2. The van der Waals surface area contributed by atoms with Crippen LogP contribution in [0.25, 0.3) is 10.2 Å². The SMILES string of the molecule is COC(=O)c1ccc(C2C(C(=O)c3cccs3)=C(O)C(=O)N2c2nc3ccc(OC)cc3s2)cc1. The molecule has 2 aromatic heterocycles. The fourth-order valence-corrected chi connectivity index (χ4v) is 5.63. The van der Waals surface area contributed by atoms with E-state index in [-0.39, 0.29) is 5.57 Å². The number of carbonyl (C=O) groups is 3. The van der Waals surface area contributed by atoms with Crippen LogP contribution in [0.1, 0.15) is 31.6 Å². The lowest BCUT2D eigenvalue weighted by atomic mass is 9.95. The van der Waals surface area contributed by atoms with E-state index in [4.69, 9.17) is 9.47 Å². The first-order valence-electron chi connectivity index (χ1n) is 10.4. The van der Waals surface area contributed by atoms with Crippen molar-refractivity contribution in [2.24, 2.45) is 0 Å². The van der Waals surface area contributed by atoms with Gasteiger partial charge in [0, 0.05) is 0 Å². The highest BCUT2D eigenvalue weighted by atomic mass is 32.1. The number of nitrogens with zero attached hydrogens (tertiary/aromatic N) is 2. The maximum absolute atomic E-state index is 13.4. The Labute approximate surface area is 207 Å². The number of carbonyl (C=O) groups excluding carboxylic acids is 3. The zero-order valence-electron chi connectivity index (χ0n) is 18.6. The van der Waals surface area contributed by atoms with Gasteiger partial charge in [0.1, 0.15) is 5.75 Å². The number of thiazole rings is 1. The van der Waals surface area contributed by atoms with E-state index in [1.165, 1.54) is 34.7 Å². The summed E-state index contributed by atoms with van der Waals surface area (Å²) in [5, 5.41) is 13.0. The van der Waals surface area contributed by atoms with Crippen molar-refractivity contribution in [1.82, 2.24) is 4.98 Å². The number of hydrogen-bond donors (Lipinski definition) is 1. The maximum atomic E-state index is 13.4. The Balaban J connectivity index is 1.65. The molecule has 4 aromatic rings. The number of ether oxygens (including phenoxy) is 2. The van der Waals surface area contributed by atoms with Crippen LogP contribution in [0.15, 0.2) is 71.3 Å². The van der Waals surface area contributed by atoms with Gasteiger partial charge >= 0.3 is 5.97 Å². The quantitative estimate of drug-likeness (QED) is 0.292. The van der Waals surface area contributed by atoms with Gasteiger partial charge in [0.2, 0.25) is 5.78 Å². The van der Waals surface area contributed by atoms with E-state index in [1.54, 1.807) is 61.0 Å². The van der Waals surface area contributed by atoms with Crippen molar-refractivity contribution in [2.75, 3.05) is 19.1 Å². The minimum absolute atomic E-state index is 0.0416. The molecule has 1 N–H and O–H groups in total. The van der Waals surface area contributed by atoms with Gasteiger partial charge in [0.25, 0.3) is 5.91 Å². The number of benzene rings is 2. The largest absolute Gasteiger partial charge is 0.503 e. The van der Waals surface area contributed by atoms with Crippen molar-refractivity contribution in [2.45, 2.75) is 6.04 Å². The third-order valence-electron chi connectivity index (χ3n) is 5.64. The molecule has 1 aliphatic heterocycles. The summed E-state index contributed by atoms with van der Waals surface area (Å²) in [6, 6.07) is 14.1. The predicted octanol–water partition coefficient (Wildman–Crippen LogP) is 4.94. The first kappa shape index (κ1) is 22.8. The van der Waals surface area contributed by atoms with Gasteiger partial charge in [-0.25, -0.2) is 9.78 Å². The third kappa shape index (κ3) is 3.86. The van der Waals surface area contributed by atoms with Crippen molar-refractivity contribution >= 4 is 55.7 Å². The Hall–Kier alpha value is -4.02. The number of Topliss-reactive ketones (excluding diaryl/α,β-unsaturated/α-hetero) is 1.